The number of nitrogens with one attached hydrogen (secondary N) is 2. The lowest BCUT2D eigenvalue weighted by Gasteiger charge is -2.43. The van der Waals surface area contributed by atoms with Gasteiger partial charge < -0.3 is 25.0 Å². The molecule has 3 aromatic carbocycles. The van der Waals surface area contributed by atoms with E-state index in [4.69, 9.17) is 9.72 Å². The molecule has 3 fully saturated rings. The molecule has 3 amide bonds. The molecule has 308 valence electrons. The number of aromatic hydroxyl groups is 1. The summed E-state index contributed by atoms with van der Waals surface area (Å²) in [7, 11) is 0. The molecule has 0 saturated carbocycles. The number of imide groups is 1. The zero-order chi connectivity index (χ0) is 41.3. The van der Waals surface area contributed by atoms with E-state index in [9.17, 15) is 32.7 Å². The lowest BCUT2D eigenvalue weighted by atomic mass is 9.88. The minimum absolute atomic E-state index is 0.0413. The van der Waals surface area contributed by atoms with Gasteiger partial charge in [0, 0.05) is 49.0 Å². The summed E-state index contributed by atoms with van der Waals surface area (Å²) < 4.78 is 50.4. The first-order valence-electron chi connectivity index (χ1n) is 20.2. The van der Waals surface area contributed by atoms with Gasteiger partial charge in [-0.15, -0.1) is 10.2 Å². The number of ether oxygens (including phenoxy) is 1. The van der Waals surface area contributed by atoms with E-state index in [0.717, 1.165) is 59.7 Å². The maximum atomic E-state index is 15.0. The Bertz CT molecular complexity index is 2570. The van der Waals surface area contributed by atoms with Crippen LogP contribution in [-0.2, 0) is 22.7 Å². The van der Waals surface area contributed by atoms with Gasteiger partial charge in [0.1, 0.15) is 23.4 Å². The maximum absolute atomic E-state index is 15.0. The van der Waals surface area contributed by atoms with Crippen LogP contribution in [0.1, 0.15) is 65.2 Å². The summed E-state index contributed by atoms with van der Waals surface area (Å²) in [6, 6.07) is 20.6. The highest BCUT2D eigenvalue weighted by Crippen LogP contribution is 2.47. The number of benzene rings is 3. The number of amides is 3. The Hall–Kier alpha value is -6.29. The Morgan fingerprint density at radius 3 is 2.62 bits per heavy atom. The highest BCUT2D eigenvalue weighted by molar-refractivity contribution is 6.05. The van der Waals surface area contributed by atoms with Crippen LogP contribution in [0.2, 0.25) is 0 Å². The number of aromatic nitrogens is 3. The first kappa shape index (κ1) is 37.9. The molecular formula is C44H41F3N8O5. The van der Waals surface area contributed by atoms with E-state index in [-0.39, 0.29) is 49.0 Å². The molecule has 0 spiro atoms. The molecule has 5 aromatic rings. The average Bonchev–Trinajstić information content (AvgIpc) is 3.79. The van der Waals surface area contributed by atoms with Crippen LogP contribution >= 0.6 is 0 Å². The van der Waals surface area contributed by atoms with Crippen LogP contribution in [-0.4, -0.2) is 98.1 Å². The van der Waals surface area contributed by atoms with Gasteiger partial charge in [0.2, 0.25) is 11.8 Å². The van der Waals surface area contributed by atoms with Crippen LogP contribution in [0, 0.1) is 5.82 Å². The van der Waals surface area contributed by atoms with Crippen molar-refractivity contribution in [2.45, 2.75) is 75.2 Å². The number of hydrogen-bond donors (Lipinski definition) is 3. The molecule has 0 aliphatic carbocycles. The Labute approximate surface area is 342 Å². The number of carbonyl (C=O) groups excluding carboxylic acids is 3. The molecule has 3 saturated heterocycles. The van der Waals surface area contributed by atoms with Crippen LogP contribution < -0.4 is 20.3 Å². The second kappa shape index (κ2) is 14.8. The largest absolute Gasteiger partial charge is 0.504 e. The van der Waals surface area contributed by atoms with Gasteiger partial charge in [-0.3, -0.25) is 29.6 Å². The number of piperidine rings is 2. The fourth-order valence-electron chi connectivity index (χ4n) is 9.61. The third-order valence-corrected chi connectivity index (χ3v) is 12.8. The monoisotopic (exact) mass is 818 g/mol. The maximum Gasteiger partial charge on any atom is 0.263 e. The average molecular weight is 819 g/mol. The molecule has 3 atom stereocenters. The van der Waals surface area contributed by atoms with E-state index in [1.165, 1.54) is 12.1 Å². The first-order chi connectivity index (χ1) is 29.0. The van der Waals surface area contributed by atoms with Crippen molar-refractivity contribution in [3.8, 4) is 22.8 Å². The lowest BCUT2D eigenvalue weighted by Crippen LogP contribution is -2.57. The molecule has 60 heavy (non-hydrogen) atoms. The Balaban J connectivity index is 0.775. The van der Waals surface area contributed by atoms with Crippen LogP contribution in [0.3, 0.4) is 0 Å². The summed E-state index contributed by atoms with van der Waals surface area (Å²) >= 11 is 0. The smallest absolute Gasteiger partial charge is 0.263 e. The van der Waals surface area contributed by atoms with Gasteiger partial charge in [-0.05, 0) is 97.9 Å². The standard InChI is InChI=1S/C44H41F3N8O5/c45-33-3-1-2-31(39(33)57)35-18-37-40(52-51-35)48-23-44(43(46)47)19-30(22-55(37)44)60-29-8-9-34-26(16-29)6-7-28(49-34)21-53-14-12-24(13-15-53)25-4-5-27-20-54(42(59)32(27)17-25)36-10-11-38(56)50-41(36)58/h1-9,16-18,24,30,36,43,57H,10-15,19-23H2,(H,48,52)(H,50,56,58)/t30-,36+,44-/m1/s1. The summed E-state index contributed by atoms with van der Waals surface area (Å²) in [6.07, 6.45) is -0.841. The number of likely N-dealkylation sites (tertiary alicyclic amines) is 1. The highest BCUT2D eigenvalue weighted by Gasteiger charge is 2.56. The Morgan fingerprint density at radius 1 is 0.950 bits per heavy atom. The molecule has 10 rings (SSSR count). The molecule has 0 bridgehead atoms. The molecule has 5 aliphatic rings. The third-order valence-electron chi connectivity index (χ3n) is 12.8. The number of phenolic OH excluding ortho intramolecular Hbond substituents is 1. The zero-order valence-electron chi connectivity index (χ0n) is 32.4. The van der Waals surface area contributed by atoms with E-state index < -0.39 is 41.6 Å². The topological polar surface area (TPSA) is 153 Å². The highest BCUT2D eigenvalue weighted by atomic mass is 19.3. The third kappa shape index (κ3) is 6.62. The SMILES string of the molecule is O=C1CC[C@H](N2Cc3ccc(C4CCN(Cc5ccc6cc(O[C@H]7CN8c9cc(-c%10cccc(F)c%10O)nnc9NC[C@@]8(C(F)F)C7)ccc6n5)CC4)cc3C2=O)C(=O)N1. The molecular weight excluding hydrogens is 778 g/mol. The molecule has 16 heteroatoms. The van der Waals surface area contributed by atoms with Gasteiger partial charge in [0.25, 0.3) is 12.3 Å². The summed E-state index contributed by atoms with van der Waals surface area (Å²) in [5, 5.41) is 24.9. The zero-order valence-corrected chi connectivity index (χ0v) is 32.4. The van der Waals surface area contributed by atoms with Crippen molar-refractivity contribution in [3.63, 3.8) is 0 Å². The fourth-order valence-corrected chi connectivity index (χ4v) is 9.61. The number of carbonyl (C=O) groups is 3. The number of para-hydroxylation sites is 1. The molecule has 5 aliphatic heterocycles. The number of hydrogen-bond acceptors (Lipinski definition) is 11. The number of halogens is 3. The van der Waals surface area contributed by atoms with E-state index in [2.05, 4.69) is 31.8 Å². The van der Waals surface area contributed by atoms with Crippen molar-refractivity contribution in [2.75, 3.05) is 36.4 Å². The summed E-state index contributed by atoms with van der Waals surface area (Å²) in [4.78, 5) is 48.0. The number of nitrogens with zero attached hydrogens (tertiary/aromatic N) is 6. The van der Waals surface area contributed by atoms with E-state index >= 15 is 0 Å². The molecule has 0 radical (unpaired) electrons. The van der Waals surface area contributed by atoms with Gasteiger partial charge in [-0.1, -0.05) is 24.3 Å². The van der Waals surface area contributed by atoms with Crippen LogP contribution in [0.5, 0.6) is 11.5 Å². The summed E-state index contributed by atoms with van der Waals surface area (Å²) in [5.74, 6) is -1.12. The van der Waals surface area contributed by atoms with Crippen molar-refractivity contribution in [1.82, 2.24) is 30.3 Å². The minimum atomic E-state index is -2.72. The summed E-state index contributed by atoms with van der Waals surface area (Å²) in [5.41, 5.74) is 3.45. The van der Waals surface area contributed by atoms with Crippen molar-refractivity contribution < 1.29 is 37.4 Å². The van der Waals surface area contributed by atoms with E-state index in [1.807, 2.05) is 42.5 Å². The second-order valence-corrected chi connectivity index (χ2v) is 16.4. The van der Waals surface area contributed by atoms with Gasteiger partial charge >= 0.3 is 0 Å². The Morgan fingerprint density at radius 2 is 1.80 bits per heavy atom. The van der Waals surface area contributed by atoms with Crippen molar-refractivity contribution in [2.24, 2.45) is 0 Å². The first-order valence-corrected chi connectivity index (χ1v) is 20.2. The van der Waals surface area contributed by atoms with Crippen LogP contribution in [0.15, 0.2) is 72.8 Å². The van der Waals surface area contributed by atoms with E-state index in [0.29, 0.717) is 48.2 Å². The van der Waals surface area contributed by atoms with E-state index in [1.54, 1.807) is 15.9 Å². The second-order valence-electron chi connectivity index (χ2n) is 16.4. The van der Waals surface area contributed by atoms with Crippen molar-refractivity contribution in [3.05, 3.63) is 101 Å². The van der Waals surface area contributed by atoms with Gasteiger partial charge in [0.15, 0.2) is 17.4 Å². The quantitative estimate of drug-likeness (QED) is 0.164. The minimum Gasteiger partial charge on any atom is -0.504 e. The number of rotatable bonds is 8. The summed E-state index contributed by atoms with van der Waals surface area (Å²) in [6.45, 7) is 2.86. The Kier molecular flexibility index (Phi) is 9.34. The molecule has 7 heterocycles. The van der Waals surface area contributed by atoms with Gasteiger partial charge in [-0.25, -0.2) is 13.2 Å². The predicted octanol–water partition coefficient (Wildman–Crippen LogP) is 5.76. The fraction of sp³-hybridized carbons (Fsp3) is 0.364. The molecule has 2 aromatic heterocycles. The normalized spacial score (nSPS) is 23.1. The molecule has 0 unspecified atom stereocenters. The van der Waals surface area contributed by atoms with Crippen molar-refractivity contribution in [1.29, 1.82) is 0 Å². The van der Waals surface area contributed by atoms with Gasteiger partial charge in [-0.2, -0.15) is 0 Å². The number of fused-ring (bicyclic) bond motifs is 5. The number of anilines is 2. The number of alkyl halides is 2. The number of phenols is 1. The molecule has 3 N–H and O–H groups in total. The van der Waals surface area contributed by atoms with Crippen molar-refractivity contribution >= 4 is 40.1 Å². The van der Waals surface area contributed by atoms with Crippen LogP contribution in [0.25, 0.3) is 22.2 Å². The lowest BCUT2D eigenvalue weighted by molar-refractivity contribution is -0.136. The number of pyridine rings is 1. The molecule has 13 nitrogen and oxygen atoms in total. The predicted molar refractivity (Wildman–Crippen MR) is 214 cm³/mol. The van der Waals surface area contributed by atoms with Gasteiger partial charge in [0.05, 0.1) is 29.1 Å². The van der Waals surface area contributed by atoms with Crippen LogP contribution in [0.4, 0.5) is 24.7 Å².